The highest BCUT2D eigenvalue weighted by Crippen LogP contribution is 2.38. The number of aromatic nitrogens is 3. The molecule has 1 aromatic heterocycles. The fourth-order valence-electron chi connectivity index (χ4n) is 4.29. The van der Waals surface area contributed by atoms with E-state index in [4.69, 9.17) is 4.74 Å². The van der Waals surface area contributed by atoms with Crippen LogP contribution in [0.15, 0.2) is 18.3 Å². The van der Waals surface area contributed by atoms with Gasteiger partial charge in [0.1, 0.15) is 5.69 Å². The van der Waals surface area contributed by atoms with Crippen LogP contribution in [-0.2, 0) is 11.3 Å². The van der Waals surface area contributed by atoms with Crippen molar-refractivity contribution in [3.8, 4) is 11.3 Å². The Morgan fingerprint density at radius 3 is 2.65 bits per heavy atom. The summed E-state index contributed by atoms with van der Waals surface area (Å²) in [7, 11) is 0. The minimum Gasteiger partial charge on any atom is -0.376 e. The predicted octanol–water partition coefficient (Wildman–Crippen LogP) is 3.98. The van der Waals surface area contributed by atoms with Crippen LogP contribution in [0.1, 0.15) is 44.2 Å². The molecule has 2 aliphatic rings. The topological polar surface area (TPSA) is 43.2 Å². The highest BCUT2D eigenvalue weighted by Gasteiger charge is 2.35. The highest BCUT2D eigenvalue weighted by atomic mass is 16.5. The molecule has 2 saturated heterocycles. The molecule has 2 aromatic rings. The van der Waals surface area contributed by atoms with E-state index < -0.39 is 0 Å². The third kappa shape index (κ3) is 3.50. The standard InChI is InChI=1S/C21H30N4O/c1-15-9-16(2)20(24-13-21(3,4)14-24)10-18(15)19-12-25(23-22-19)11-17-7-5-6-8-26-17/h9-10,12,17H,5-8,11,13-14H2,1-4H3/t17-/m1/s1. The number of hydrogen-bond acceptors (Lipinski definition) is 4. The molecule has 2 fully saturated rings. The van der Waals surface area contributed by atoms with Gasteiger partial charge in [-0.1, -0.05) is 25.1 Å². The van der Waals surface area contributed by atoms with Crippen molar-refractivity contribution >= 4 is 5.69 Å². The summed E-state index contributed by atoms with van der Waals surface area (Å²) in [6.45, 7) is 12.9. The molecule has 0 amide bonds. The molecular formula is C21H30N4O. The molecule has 26 heavy (non-hydrogen) atoms. The van der Waals surface area contributed by atoms with Crippen molar-refractivity contribution in [1.29, 1.82) is 0 Å². The smallest absolute Gasteiger partial charge is 0.113 e. The van der Waals surface area contributed by atoms with Crippen LogP contribution in [0.5, 0.6) is 0 Å². The lowest BCUT2D eigenvalue weighted by molar-refractivity contribution is 0.00370. The molecule has 0 unspecified atom stereocenters. The van der Waals surface area contributed by atoms with Gasteiger partial charge in [-0.25, -0.2) is 4.68 Å². The Balaban J connectivity index is 1.55. The first kappa shape index (κ1) is 17.5. The van der Waals surface area contributed by atoms with Crippen molar-refractivity contribution < 1.29 is 4.74 Å². The predicted molar refractivity (Wildman–Crippen MR) is 105 cm³/mol. The van der Waals surface area contributed by atoms with Gasteiger partial charge in [-0.2, -0.15) is 0 Å². The quantitative estimate of drug-likeness (QED) is 0.833. The molecule has 5 heteroatoms. The first-order chi connectivity index (χ1) is 12.4. The fourth-order valence-corrected chi connectivity index (χ4v) is 4.29. The Hall–Kier alpha value is -1.88. The lowest BCUT2D eigenvalue weighted by Crippen LogP contribution is -2.53. The van der Waals surface area contributed by atoms with Crippen molar-refractivity contribution in [1.82, 2.24) is 15.0 Å². The minimum absolute atomic E-state index is 0.274. The van der Waals surface area contributed by atoms with Crippen molar-refractivity contribution in [2.24, 2.45) is 5.41 Å². The Morgan fingerprint density at radius 2 is 1.96 bits per heavy atom. The number of rotatable bonds is 4. The van der Waals surface area contributed by atoms with Gasteiger partial charge < -0.3 is 9.64 Å². The van der Waals surface area contributed by atoms with Gasteiger partial charge in [-0.3, -0.25) is 0 Å². The third-order valence-corrected chi connectivity index (χ3v) is 5.60. The Morgan fingerprint density at radius 1 is 1.15 bits per heavy atom. The molecule has 5 nitrogen and oxygen atoms in total. The van der Waals surface area contributed by atoms with E-state index in [1.54, 1.807) is 0 Å². The zero-order valence-electron chi connectivity index (χ0n) is 16.5. The zero-order chi connectivity index (χ0) is 18.3. The van der Waals surface area contributed by atoms with Crippen LogP contribution in [0.3, 0.4) is 0 Å². The number of anilines is 1. The van der Waals surface area contributed by atoms with Crippen molar-refractivity contribution in [2.75, 3.05) is 24.6 Å². The van der Waals surface area contributed by atoms with Gasteiger partial charge >= 0.3 is 0 Å². The summed E-state index contributed by atoms with van der Waals surface area (Å²) < 4.78 is 7.77. The van der Waals surface area contributed by atoms with Crippen LogP contribution in [0.2, 0.25) is 0 Å². The van der Waals surface area contributed by atoms with Crippen LogP contribution >= 0.6 is 0 Å². The fraction of sp³-hybridized carbons (Fsp3) is 0.619. The minimum atomic E-state index is 0.274. The molecule has 1 aromatic carbocycles. The number of nitrogens with zero attached hydrogens (tertiary/aromatic N) is 4. The molecule has 0 saturated carbocycles. The summed E-state index contributed by atoms with van der Waals surface area (Å²) in [6.07, 6.45) is 5.89. The second kappa shape index (κ2) is 6.69. The van der Waals surface area contributed by atoms with Crippen LogP contribution < -0.4 is 4.90 Å². The lowest BCUT2D eigenvalue weighted by Gasteiger charge is -2.48. The van der Waals surface area contributed by atoms with Crippen LogP contribution in [0, 0.1) is 19.3 Å². The van der Waals surface area contributed by atoms with Gasteiger partial charge in [0, 0.05) is 30.9 Å². The maximum Gasteiger partial charge on any atom is 0.113 e. The highest BCUT2D eigenvalue weighted by molar-refractivity contribution is 5.71. The first-order valence-corrected chi connectivity index (χ1v) is 9.80. The second-order valence-electron chi connectivity index (χ2n) is 8.79. The van der Waals surface area contributed by atoms with Crippen molar-refractivity contribution in [3.63, 3.8) is 0 Å². The molecule has 4 rings (SSSR count). The van der Waals surface area contributed by atoms with Crippen LogP contribution in [0.4, 0.5) is 5.69 Å². The first-order valence-electron chi connectivity index (χ1n) is 9.80. The summed E-state index contributed by atoms with van der Waals surface area (Å²) in [5.74, 6) is 0. The lowest BCUT2D eigenvalue weighted by atomic mass is 9.83. The van der Waals surface area contributed by atoms with Gasteiger partial charge in [-0.15, -0.1) is 5.10 Å². The second-order valence-corrected chi connectivity index (χ2v) is 8.79. The van der Waals surface area contributed by atoms with E-state index in [9.17, 15) is 0 Å². The van der Waals surface area contributed by atoms with Gasteiger partial charge in [0.05, 0.1) is 18.8 Å². The van der Waals surface area contributed by atoms with E-state index in [0.29, 0.717) is 5.41 Å². The monoisotopic (exact) mass is 354 g/mol. The van der Waals surface area contributed by atoms with E-state index in [1.165, 1.54) is 35.2 Å². The van der Waals surface area contributed by atoms with E-state index in [0.717, 1.165) is 38.4 Å². The van der Waals surface area contributed by atoms with Crippen molar-refractivity contribution in [2.45, 2.75) is 59.6 Å². The molecule has 2 aliphatic heterocycles. The molecule has 0 aliphatic carbocycles. The summed E-state index contributed by atoms with van der Waals surface area (Å²) in [4.78, 5) is 2.47. The van der Waals surface area contributed by atoms with Crippen molar-refractivity contribution in [3.05, 3.63) is 29.5 Å². The van der Waals surface area contributed by atoms with E-state index in [1.807, 2.05) is 4.68 Å². The largest absolute Gasteiger partial charge is 0.376 e. The number of ether oxygens (including phenoxy) is 1. The maximum atomic E-state index is 5.83. The summed E-state index contributed by atoms with van der Waals surface area (Å²) in [6, 6.07) is 4.57. The average Bonchev–Trinajstić information content (AvgIpc) is 3.02. The van der Waals surface area contributed by atoms with E-state index in [-0.39, 0.29) is 6.10 Å². The van der Waals surface area contributed by atoms with Gasteiger partial charge in [0.15, 0.2) is 0 Å². The molecule has 0 N–H and O–H groups in total. The molecule has 140 valence electrons. The van der Waals surface area contributed by atoms with E-state index >= 15 is 0 Å². The number of hydrogen-bond donors (Lipinski definition) is 0. The molecule has 3 heterocycles. The van der Waals surface area contributed by atoms with E-state index in [2.05, 4.69) is 61.2 Å². The van der Waals surface area contributed by atoms with Gasteiger partial charge in [-0.05, 0) is 55.7 Å². The molecule has 0 radical (unpaired) electrons. The normalized spacial score (nSPS) is 22.3. The average molecular weight is 354 g/mol. The molecule has 0 spiro atoms. The molecule has 0 bridgehead atoms. The summed E-state index contributed by atoms with van der Waals surface area (Å²) in [5, 5.41) is 8.81. The maximum absolute atomic E-state index is 5.83. The molecular weight excluding hydrogens is 324 g/mol. The van der Waals surface area contributed by atoms with Crippen LogP contribution in [0.25, 0.3) is 11.3 Å². The zero-order valence-corrected chi connectivity index (χ0v) is 16.5. The third-order valence-electron chi connectivity index (χ3n) is 5.60. The SMILES string of the molecule is Cc1cc(C)c(N2CC(C)(C)C2)cc1-c1cn(C[C@H]2CCCCO2)nn1. The summed E-state index contributed by atoms with van der Waals surface area (Å²) >= 11 is 0. The Kier molecular flexibility index (Phi) is 4.51. The Labute approximate surface area is 156 Å². The van der Waals surface area contributed by atoms with Gasteiger partial charge in [0.2, 0.25) is 0 Å². The Bertz CT molecular complexity index is 781. The number of benzene rings is 1. The van der Waals surface area contributed by atoms with Crippen LogP contribution in [-0.4, -0.2) is 40.8 Å². The molecule has 1 atom stereocenters. The van der Waals surface area contributed by atoms with Gasteiger partial charge in [0.25, 0.3) is 0 Å². The number of aryl methyl sites for hydroxylation is 2. The summed E-state index contributed by atoms with van der Waals surface area (Å²) in [5.41, 5.74) is 6.48.